The number of hydrogen-bond donors (Lipinski definition) is 1. The zero-order chi connectivity index (χ0) is 19.1. The summed E-state index contributed by atoms with van der Waals surface area (Å²) in [5.41, 5.74) is 1.73. The van der Waals surface area contributed by atoms with E-state index in [9.17, 15) is 14.4 Å². The molecule has 0 unspecified atom stereocenters. The van der Waals surface area contributed by atoms with Gasteiger partial charge in [0.1, 0.15) is 0 Å². The quantitative estimate of drug-likeness (QED) is 0.567. The first-order valence-electron chi connectivity index (χ1n) is 8.16. The van der Waals surface area contributed by atoms with Gasteiger partial charge in [0.2, 0.25) is 6.79 Å². The number of hydrogen-bond acceptors (Lipinski definition) is 6. The number of ether oxygens (including phenoxy) is 2. The van der Waals surface area contributed by atoms with Gasteiger partial charge in [0.15, 0.2) is 0 Å². The Morgan fingerprint density at radius 3 is 2.54 bits per heavy atom. The minimum absolute atomic E-state index is 0.270. The van der Waals surface area contributed by atoms with E-state index < -0.39 is 24.8 Å². The topological polar surface area (TPSA) is 98.1 Å². The molecule has 0 amide bonds. The van der Waals surface area contributed by atoms with Crippen LogP contribution >= 0.6 is 0 Å². The maximum absolute atomic E-state index is 12.3. The van der Waals surface area contributed by atoms with Crippen LogP contribution in [0.15, 0.2) is 30.5 Å². The Labute approximate surface area is 150 Å². The lowest BCUT2D eigenvalue weighted by Gasteiger charge is -2.08. The standard InChI is InChI=1S/C18H22N2O6/c1-19(2)10-9-13-11-20(15-6-4-3-5-14(13)15)18(24)26-12-25-17(23)8-7-16(21)22/h3-6,11H,7-10,12H2,1-2H3,(H,21,22). The number of benzene rings is 1. The van der Waals surface area contributed by atoms with Gasteiger partial charge >= 0.3 is 18.0 Å². The molecule has 1 heterocycles. The number of carboxylic acid groups (broad SMARTS) is 1. The number of aliphatic carboxylic acids is 1. The number of fused-ring (bicyclic) bond motifs is 1. The van der Waals surface area contributed by atoms with Gasteiger partial charge in [-0.3, -0.25) is 14.2 Å². The second-order valence-electron chi connectivity index (χ2n) is 6.03. The van der Waals surface area contributed by atoms with Crippen molar-refractivity contribution in [2.75, 3.05) is 27.4 Å². The number of rotatable bonds is 8. The second-order valence-corrected chi connectivity index (χ2v) is 6.03. The molecule has 0 bridgehead atoms. The third-order valence-corrected chi connectivity index (χ3v) is 3.76. The van der Waals surface area contributed by atoms with E-state index in [1.165, 1.54) is 4.57 Å². The van der Waals surface area contributed by atoms with Crippen LogP contribution in [-0.4, -0.2) is 60.0 Å². The Morgan fingerprint density at radius 2 is 1.85 bits per heavy atom. The van der Waals surface area contributed by atoms with Crippen LogP contribution in [0.25, 0.3) is 10.9 Å². The van der Waals surface area contributed by atoms with E-state index >= 15 is 0 Å². The average molecular weight is 362 g/mol. The van der Waals surface area contributed by atoms with Crippen LogP contribution in [0.3, 0.4) is 0 Å². The number of esters is 1. The van der Waals surface area contributed by atoms with Crippen molar-refractivity contribution in [2.45, 2.75) is 19.3 Å². The molecule has 1 aromatic carbocycles. The Morgan fingerprint density at radius 1 is 1.12 bits per heavy atom. The lowest BCUT2D eigenvalue weighted by atomic mass is 10.1. The van der Waals surface area contributed by atoms with Gasteiger partial charge in [0.25, 0.3) is 0 Å². The number of nitrogens with zero attached hydrogens (tertiary/aromatic N) is 2. The zero-order valence-electron chi connectivity index (χ0n) is 14.8. The van der Waals surface area contributed by atoms with Crippen molar-refractivity contribution >= 4 is 28.9 Å². The minimum Gasteiger partial charge on any atom is -0.481 e. The Bertz CT molecular complexity index is 796. The van der Waals surface area contributed by atoms with Gasteiger partial charge in [-0.05, 0) is 32.1 Å². The lowest BCUT2D eigenvalue weighted by molar-refractivity contribution is -0.154. The summed E-state index contributed by atoms with van der Waals surface area (Å²) in [6, 6.07) is 7.49. The molecule has 1 aromatic heterocycles. The summed E-state index contributed by atoms with van der Waals surface area (Å²) in [7, 11) is 3.96. The van der Waals surface area contributed by atoms with Crippen LogP contribution in [0, 0.1) is 0 Å². The maximum atomic E-state index is 12.3. The van der Waals surface area contributed by atoms with Crippen molar-refractivity contribution < 1.29 is 29.0 Å². The molecule has 0 saturated carbocycles. The molecule has 0 aliphatic rings. The molecule has 2 aromatic rings. The molecule has 8 heteroatoms. The van der Waals surface area contributed by atoms with Crippen LogP contribution in [0.5, 0.6) is 0 Å². The third-order valence-electron chi connectivity index (χ3n) is 3.76. The Balaban J connectivity index is 2.01. The molecule has 0 saturated heterocycles. The van der Waals surface area contributed by atoms with Gasteiger partial charge in [-0.25, -0.2) is 4.79 Å². The first-order valence-corrected chi connectivity index (χ1v) is 8.16. The van der Waals surface area contributed by atoms with Crippen LogP contribution in [-0.2, 0) is 25.5 Å². The highest BCUT2D eigenvalue weighted by Gasteiger charge is 2.15. The van der Waals surface area contributed by atoms with Crippen molar-refractivity contribution in [3.8, 4) is 0 Å². The SMILES string of the molecule is CN(C)CCc1cn(C(=O)OCOC(=O)CCC(=O)O)c2ccccc12. The molecule has 2 rings (SSSR count). The summed E-state index contributed by atoms with van der Waals surface area (Å²) in [5, 5.41) is 9.47. The molecule has 0 fully saturated rings. The molecular formula is C18H22N2O6. The molecule has 140 valence electrons. The van der Waals surface area contributed by atoms with Gasteiger partial charge in [0.05, 0.1) is 18.4 Å². The normalized spacial score (nSPS) is 10.9. The average Bonchev–Trinajstić information content (AvgIpc) is 2.97. The number of carbonyl (C=O) groups is 3. The van der Waals surface area contributed by atoms with Crippen molar-refractivity contribution in [1.29, 1.82) is 0 Å². The summed E-state index contributed by atoms with van der Waals surface area (Å²) < 4.78 is 11.1. The Kier molecular flexibility index (Phi) is 6.74. The molecular weight excluding hydrogens is 340 g/mol. The highest BCUT2D eigenvalue weighted by atomic mass is 16.7. The van der Waals surface area contributed by atoms with Gasteiger partial charge < -0.3 is 19.5 Å². The minimum atomic E-state index is -1.09. The molecule has 0 radical (unpaired) electrons. The third kappa shape index (κ3) is 5.32. The summed E-state index contributed by atoms with van der Waals surface area (Å²) >= 11 is 0. The van der Waals surface area contributed by atoms with Crippen molar-refractivity contribution in [3.63, 3.8) is 0 Å². The van der Waals surface area contributed by atoms with Gasteiger partial charge in [-0.15, -0.1) is 0 Å². The van der Waals surface area contributed by atoms with Crippen molar-refractivity contribution in [2.24, 2.45) is 0 Å². The predicted octanol–water partition coefficient (Wildman–Crippen LogP) is 2.10. The number of para-hydroxylation sites is 1. The summed E-state index contributed by atoms with van der Waals surface area (Å²) in [5.74, 6) is -1.83. The monoisotopic (exact) mass is 362 g/mol. The second kappa shape index (κ2) is 9.00. The number of aromatic nitrogens is 1. The van der Waals surface area contributed by atoms with Crippen molar-refractivity contribution in [1.82, 2.24) is 9.47 Å². The molecule has 0 spiro atoms. The Hall–Kier alpha value is -2.87. The van der Waals surface area contributed by atoms with Gasteiger partial charge in [-0.1, -0.05) is 18.2 Å². The smallest absolute Gasteiger partial charge is 0.421 e. The maximum Gasteiger partial charge on any atom is 0.421 e. The fourth-order valence-corrected chi connectivity index (χ4v) is 2.44. The first kappa shape index (κ1) is 19.5. The van der Waals surface area contributed by atoms with E-state index in [-0.39, 0.29) is 12.8 Å². The van der Waals surface area contributed by atoms with Crippen molar-refractivity contribution in [3.05, 3.63) is 36.0 Å². The summed E-state index contributed by atoms with van der Waals surface area (Å²) in [4.78, 5) is 36.1. The number of carboxylic acids is 1. The fourth-order valence-electron chi connectivity index (χ4n) is 2.44. The fraction of sp³-hybridized carbons (Fsp3) is 0.389. The van der Waals surface area contributed by atoms with E-state index in [0.717, 1.165) is 23.9 Å². The number of carbonyl (C=O) groups excluding carboxylic acids is 2. The number of likely N-dealkylation sites (N-methyl/N-ethyl adjacent to an activating group) is 1. The molecule has 0 aliphatic heterocycles. The van der Waals surface area contributed by atoms with Crippen LogP contribution < -0.4 is 0 Å². The van der Waals surface area contributed by atoms with E-state index in [1.807, 2.05) is 38.4 Å². The molecule has 26 heavy (non-hydrogen) atoms. The summed E-state index contributed by atoms with van der Waals surface area (Å²) in [6.45, 7) is 0.279. The molecule has 1 N–H and O–H groups in total. The van der Waals surface area contributed by atoms with Crippen LogP contribution in [0.4, 0.5) is 4.79 Å². The zero-order valence-corrected chi connectivity index (χ0v) is 14.8. The van der Waals surface area contributed by atoms with E-state index in [0.29, 0.717) is 5.52 Å². The molecule has 0 aliphatic carbocycles. The summed E-state index contributed by atoms with van der Waals surface area (Å²) in [6.07, 6.45) is 1.24. The predicted molar refractivity (Wildman–Crippen MR) is 93.9 cm³/mol. The molecule has 8 nitrogen and oxygen atoms in total. The van der Waals surface area contributed by atoms with E-state index in [2.05, 4.69) is 4.90 Å². The van der Waals surface area contributed by atoms with Crippen LogP contribution in [0.2, 0.25) is 0 Å². The molecule has 0 atom stereocenters. The largest absolute Gasteiger partial charge is 0.481 e. The highest BCUT2D eigenvalue weighted by molar-refractivity contribution is 5.92. The first-order chi connectivity index (χ1) is 12.4. The lowest BCUT2D eigenvalue weighted by Crippen LogP contribution is -2.17. The van der Waals surface area contributed by atoms with E-state index in [4.69, 9.17) is 14.6 Å². The highest BCUT2D eigenvalue weighted by Crippen LogP contribution is 2.22. The van der Waals surface area contributed by atoms with Gasteiger partial charge in [-0.2, -0.15) is 0 Å². The van der Waals surface area contributed by atoms with Gasteiger partial charge in [0, 0.05) is 18.1 Å². The van der Waals surface area contributed by atoms with Crippen LogP contribution in [0.1, 0.15) is 18.4 Å². The van der Waals surface area contributed by atoms with E-state index in [1.54, 1.807) is 6.20 Å².